The van der Waals surface area contributed by atoms with Crippen molar-refractivity contribution in [2.75, 3.05) is 6.61 Å². The number of benzene rings is 1. The third-order valence-corrected chi connectivity index (χ3v) is 4.38. The number of hydrogen-bond donors (Lipinski definition) is 1. The molecular weight excluding hydrogens is 248 g/mol. The Morgan fingerprint density at radius 2 is 2.15 bits per heavy atom. The van der Waals surface area contributed by atoms with Crippen molar-refractivity contribution in [2.45, 2.75) is 52.1 Å². The quantitative estimate of drug-likeness (QED) is 0.851. The second kappa shape index (κ2) is 5.25. The molecule has 2 heteroatoms. The van der Waals surface area contributed by atoms with Gasteiger partial charge in [0, 0.05) is 6.42 Å². The molecule has 20 heavy (non-hydrogen) atoms. The summed E-state index contributed by atoms with van der Waals surface area (Å²) in [4.78, 5) is 0. The Bertz CT molecular complexity index is 528. The van der Waals surface area contributed by atoms with E-state index in [-0.39, 0.29) is 11.5 Å². The summed E-state index contributed by atoms with van der Waals surface area (Å²) < 4.78 is 5.54. The Morgan fingerprint density at radius 1 is 1.30 bits per heavy atom. The molecule has 0 spiro atoms. The number of aryl methyl sites for hydroxylation is 1. The van der Waals surface area contributed by atoms with E-state index in [1.54, 1.807) is 0 Å². The fraction of sp³-hybridized carbons (Fsp3) is 0.556. The van der Waals surface area contributed by atoms with Crippen LogP contribution in [0.4, 0.5) is 0 Å². The topological polar surface area (TPSA) is 29.5 Å². The highest BCUT2D eigenvalue weighted by atomic mass is 16.5. The Hall–Kier alpha value is -1.28. The highest BCUT2D eigenvalue weighted by molar-refractivity contribution is 5.40. The molecule has 1 aromatic rings. The van der Waals surface area contributed by atoms with Crippen LogP contribution >= 0.6 is 0 Å². The average molecular weight is 272 g/mol. The molecular formula is C18H24O2. The summed E-state index contributed by atoms with van der Waals surface area (Å²) in [7, 11) is 0. The molecule has 0 aromatic heterocycles. The molecule has 108 valence electrons. The van der Waals surface area contributed by atoms with Gasteiger partial charge in [-0.05, 0) is 48.3 Å². The smallest absolute Gasteiger partial charge is 0.122 e. The second-order valence-electron chi connectivity index (χ2n) is 6.98. The number of aliphatic hydroxyl groups excluding tert-OH is 1. The number of hydrogen-bond acceptors (Lipinski definition) is 2. The van der Waals surface area contributed by atoms with Crippen LogP contribution in [0.15, 0.2) is 29.8 Å². The zero-order chi connectivity index (χ0) is 14.2. The van der Waals surface area contributed by atoms with Crippen LogP contribution in [0.1, 0.15) is 44.2 Å². The zero-order valence-electron chi connectivity index (χ0n) is 12.5. The highest BCUT2D eigenvalue weighted by Crippen LogP contribution is 2.37. The molecule has 1 aromatic carbocycles. The van der Waals surface area contributed by atoms with Crippen molar-refractivity contribution in [3.05, 3.63) is 41.0 Å². The van der Waals surface area contributed by atoms with E-state index in [0.717, 1.165) is 44.5 Å². The van der Waals surface area contributed by atoms with E-state index in [1.165, 1.54) is 16.7 Å². The van der Waals surface area contributed by atoms with E-state index in [4.69, 9.17) is 4.74 Å². The van der Waals surface area contributed by atoms with E-state index in [9.17, 15) is 5.11 Å². The normalized spacial score (nSPS) is 23.9. The zero-order valence-corrected chi connectivity index (χ0v) is 12.5. The van der Waals surface area contributed by atoms with Gasteiger partial charge in [-0.1, -0.05) is 37.6 Å². The van der Waals surface area contributed by atoms with E-state index in [2.05, 4.69) is 38.1 Å². The highest BCUT2D eigenvalue weighted by Gasteiger charge is 2.27. The van der Waals surface area contributed by atoms with Crippen molar-refractivity contribution in [1.29, 1.82) is 0 Å². The molecule has 0 amide bonds. The van der Waals surface area contributed by atoms with Gasteiger partial charge in [-0.15, -0.1) is 0 Å². The van der Waals surface area contributed by atoms with E-state index < -0.39 is 0 Å². The van der Waals surface area contributed by atoms with Crippen molar-refractivity contribution in [2.24, 2.45) is 5.41 Å². The average Bonchev–Trinajstić information content (AvgIpc) is 2.81. The SMILES string of the molecule is CC1(C)CC(CCc2ccc3c(c2)CCO3)=CC(O)C1. The first kappa shape index (κ1) is 13.7. The molecule has 1 N–H and O–H groups in total. The number of fused-ring (bicyclic) bond motifs is 1. The van der Waals surface area contributed by atoms with Gasteiger partial charge in [0.2, 0.25) is 0 Å². The van der Waals surface area contributed by atoms with E-state index >= 15 is 0 Å². The van der Waals surface area contributed by atoms with Crippen molar-refractivity contribution in [3.8, 4) is 5.75 Å². The van der Waals surface area contributed by atoms with Gasteiger partial charge >= 0.3 is 0 Å². The molecule has 2 aliphatic rings. The second-order valence-corrected chi connectivity index (χ2v) is 6.98. The maximum absolute atomic E-state index is 9.95. The molecule has 1 unspecified atom stereocenters. The lowest BCUT2D eigenvalue weighted by atomic mass is 9.75. The number of rotatable bonds is 3. The minimum atomic E-state index is -0.262. The van der Waals surface area contributed by atoms with Crippen molar-refractivity contribution < 1.29 is 9.84 Å². The molecule has 1 heterocycles. The van der Waals surface area contributed by atoms with Crippen molar-refractivity contribution in [1.82, 2.24) is 0 Å². The molecule has 0 radical (unpaired) electrons. The lowest BCUT2D eigenvalue weighted by Crippen LogP contribution is -2.25. The first-order valence-corrected chi connectivity index (χ1v) is 7.64. The molecule has 1 aliphatic heterocycles. The maximum Gasteiger partial charge on any atom is 0.122 e. The Kier molecular flexibility index (Phi) is 3.59. The van der Waals surface area contributed by atoms with Gasteiger partial charge in [0.05, 0.1) is 12.7 Å². The van der Waals surface area contributed by atoms with Crippen LogP contribution < -0.4 is 4.74 Å². The van der Waals surface area contributed by atoms with Gasteiger partial charge in [-0.2, -0.15) is 0 Å². The lowest BCUT2D eigenvalue weighted by molar-refractivity contribution is 0.137. The van der Waals surface area contributed by atoms with Gasteiger partial charge in [0.1, 0.15) is 5.75 Å². The number of aliphatic hydroxyl groups is 1. The maximum atomic E-state index is 9.95. The molecule has 0 bridgehead atoms. The minimum absolute atomic E-state index is 0.231. The van der Waals surface area contributed by atoms with Crippen LogP contribution in [0.2, 0.25) is 0 Å². The largest absolute Gasteiger partial charge is 0.493 e. The summed E-state index contributed by atoms with van der Waals surface area (Å²) in [5, 5.41) is 9.95. The van der Waals surface area contributed by atoms with Crippen LogP contribution in [-0.2, 0) is 12.8 Å². The summed E-state index contributed by atoms with van der Waals surface area (Å²) in [5.41, 5.74) is 4.37. The molecule has 3 rings (SSSR count). The van der Waals surface area contributed by atoms with Crippen LogP contribution in [-0.4, -0.2) is 17.8 Å². The lowest BCUT2D eigenvalue weighted by Gasteiger charge is -2.32. The third kappa shape index (κ3) is 3.06. The predicted molar refractivity (Wildman–Crippen MR) is 81.1 cm³/mol. The third-order valence-electron chi connectivity index (χ3n) is 4.38. The van der Waals surface area contributed by atoms with Gasteiger partial charge < -0.3 is 9.84 Å². The van der Waals surface area contributed by atoms with Crippen LogP contribution in [0.25, 0.3) is 0 Å². The summed E-state index contributed by atoms with van der Waals surface area (Å²) in [6.45, 7) is 5.32. The molecule has 0 fully saturated rings. The first-order chi connectivity index (χ1) is 9.52. The Labute approximate surface area is 121 Å². The minimum Gasteiger partial charge on any atom is -0.493 e. The van der Waals surface area contributed by atoms with Crippen molar-refractivity contribution in [3.63, 3.8) is 0 Å². The Balaban J connectivity index is 1.65. The van der Waals surface area contributed by atoms with Gasteiger partial charge in [0.15, 0.2) is 0 Å². The van der Waals surface area contributed by atoms with Crippen LogP contribution in [0.5, 0.6) is 5.75 Å². The fourth-order valence-corrected chi connectivity index (χ4v) is 3.51. The number of allylic oxidation sites excluding steroid dienone is 1. The molecule has 0 saturated heterocycles. The van der Waals surface area contributed by atoms with E-state index in [1.807, 2.05) is 0 Å². The summed E-state index contributed by atoms with van der Waals surface area (Å²) >= 11 is 0. The molecule has 1 aliphatic carbocycles. The van der Waals surface area contributed by atoms with Crippen LogP contribution in [0, 0.1) is 5.41 Å². The van der Waals surface area contributed by atoms with Gasteiger partial charge in [0.25, 0.3) is 0 Å². The van der Waals surface area contributed by atoms with E-state index in [0.29, 0.717) is 0 Å². The van der Waals surface area contributed by atoms with Gasteiger partial charge in [-0.3, -0.25) is 0 Å². The molecule has 2 nitrogen and oxygen atoms in total. The van der Waals surface area contributed by atoms with Gasteiger partial charge in [-0.25, -0.2) is 0 Å². The summed E-state index contributed by atoms with van der Waals surface area (Å²) in [5.74, 6) is 1.06. The molecule has 1 atom stereocenters. The summed E-state index contributed by atoms with van der Waals surface area (Å²) in [6.07, 6.45) is 6.95. The first-order valence-electron chi connectivity index (χ1n) is 7.64. The monoisotopic (exact) mass is 272 g/mol. The van der Waals surface area contributed by atoms with Crippen LogP contribution in [0.3, 0.4) is 0 Å². The standard InChI is InChI=1S/C18H24O2/c1-18(2)11-14(10-16(19)12-18)4-3-13-5-6-17-15(9-13)7-8-20-17/h5-6,9-10,16,19H,3-4,7-8,11-12H2,1-2H3. The van der Waals surface area contributed by atoms with Crippen molar-refractivity contribution >= 4 is 0 Å². The molecule has 0 saturated carbocycles. The summed E-state index contributed by atoms with van der Waals surface area (Å²) in [6, 6.07) is 6.56. The predicted octanol–water partition coefficient (Wildman–Crippen LogP) is 3.66. The Morgan fingerprint density at radius 3 is 2.95 bits per heavy atom. The fourth-order valence-electron chi connectivity index (χ4n) is 3.51. The number of ether oxygens (including phenoxy) is 1.